The summed E-state index contributed by atoms with van der Waals surface area (Å²) in [5.41, 5.74) is 1.06. The Labute approximate surface area is 178 Å². The van der Waals surface area contributed by atoms with Gasteiger partial charge in [0.25, 0.3) is 17.7 Å². The van der Waals surface area contributed by atoms with E-state index < -0.39 is 17.8 Å². The van der Waals surface area contributed by atoms with Crippen molar-refractivity contribution >= 4 is 29.8 Å². The van der Waals surface area contributed by atoms with Crippen molar-refractivity contribution in [3.8, 4) is 5.75 Å². The number of likely N-dealkylation sites (tertiary alicyclic amines) is 1. The number of barbiturate groups is 1. The van der Waals surface area contributed by atoms with Crippen molar-refractivity contribution < 1.29 is 23.9 Å². The van der Waals surface area contributed by atoms with Crippen LogP contribution in [0.2, 0.25) is 0 Å². The van der Waals surface area contributed by atoms with Gasteiger partial charge in [-0.3, -0.25) is 30.0 Å². The predicted molar refractivity (Wildman–Crippen MR) is 110 cm³/mol. The summed E-state index contributed by atoms with van der Waals surface area (Å²) in [4.78, 5) is 53.0. The second-order valence-electron chi connectivity index (χ2n) is 7.22. The molecule has 31 heavy (non-hydrogen) atoms. The second kappa shape index (κ2) is 8.78. The third-order valence-electron chi connectivity index (χ3n) is 5.07. The number of benzene rings is 1. The number of pyridine rings is 1. The molecule has 2 aromatic rings. The molecule has 9 nitrogen and oxygen atoms in total. The SMILES string of the molecule is O=C1NC(=O)C(=Cc2ccc(OC3CCN(C(=O)c4cccnc4)CC3)cc2)C(=O)N1. The van der Waals surface area contributed by atoms with Crippen molar-refractivity contribution in [3.05, 3.63) is 65.5 Å². The molecule has 158 valence electrons. The summed E-state index contributed by atoms with van der Waals surface area (Å²) in [6.45, 7) is 1.21. The minimum Gasteiger partial charge on any atom is -0.490 e. The topological polar surface area (TPSA) is 118 Å². The zero-order valence-corrected chi connectivity index (χ0v) is 16.5. The lowest BCUT2D eigenvalue weighted by Gasteiger charge is -2.32. The maximum atomic E-state index is 12.5. The molecule has 3 heterocycles. The molecule has 0 radical (unpaired) electrons. The van der Waals surface area contributed by atoms with E-state index in [1.807, 2.05) is 10.6 Å². The van der Waals surface area contributed by atoms with Gasteiger partial charge < -0.3 is 9.64 Å². The number of carbonyl (C=O) groups is 4. The Hall–Kier alpha value is -4.01. The van der Waals surface area contributed by atoms with Crippen molar-refractivity contribution in [2.75, 3.05) is 13.1 Å². The summed E-state index contributed by atoms with van der Waals surface area (Å²) in [6.07, 6.45) is 6.03. The number of nitrogens with one attached hydrogen (secondary N) is 2. The lowest BCUT2D eigenvalue weighted by molar-refractivity contribution is -0.123. The van der Waals surface area contributed by atoms with Crippen LogP contribution in [0.4, 0.5) is 4.79 Å². The van der Waals surface area contributed by atoms with E-state index in [1.165, 1.54) is 6.08 Å². The van der Waals surface area contributed by atoms with Gasteiger partial charge in [0.15, 0.2) is 0 Å². The Morgan fingerprint density at radius 2 is 1.71 bits per heavy atom. The minimum absolute atomic E-state index is 0.0111. The zero-order chi connectivity index (χ0) is 21.8. The zero-order valence-electron chi connectivity index (χ0n) is 16.5. The molecule has 0 atom stereocenters. The van der Waals surface area contributed by atoms with Crippen LogP contribution in [0.3, 0.4) is 0 Å². The summed E-state index contributed by atoms with van der Waals surface area (Å²) in [5.74, 6) is -0.836. The summed E-state index contributed by atoms with van der Waals surface area (Å²) in [6, 6.07) is 9.62. The molecule has 0 spiro atoms. The maximum Gasteiger partial charge on any atom is 0.328 e. The number of hydrogen-bond donors (Lipinski definition) is 2. The lowest BCUT2D eigenvalue weighted by atomic mass is 10.1. The standard InChI is InChI=1S/C22H20N4O5/c27-19-18(20(28)25-22(30)24-19)12-14-3-5-16(6-4-14)31-17-7-10-26(11-8-17)21(29)15-2-1-9-23-13-15/h1-6,9,12-13,17H,7-8,10-11H2,(H2,24,25,27,28,30). The van der Waals surface area contributed by atoms with Gasteiger partial charge in [0, 0.05) is 38.3 Å². The van der Waals surface area contributed by atoms with Gasteiger partial charge in [0.1, 0.15) is 17.4 Å². The van der Waals surface area contributed by atoms with E-state index in [1.54, 1.807) is 53.7 Å². The van der Waals surface area contributed by atoms with Gasteiger partial charge in [-0.25, -0.2) is 4.79 Å². The van der Waals surface area contributed by atoms with Crippen molar-refractivity contribution in [1.29, 1.82) is 0 Å². The van der Waals surface area contributed by atoms with Gasteiger partial charge in [0.2, 0.25) is 0 Å². The average molecular weight is 420 g/mol. The van der Waals surface area contributed by atoms with Gasteiger partial charge in [-0.05, 0) is 35.9 Å². The first-order chi connectivity index (χ1) is 15.0. The van der Waals surface area contributed by atoms with Crippen LogP contribution in [0.15, 0.2) is 54.4 Å². The number of hydrogen-bond acceptors (Lipinski definition) is 6. The number of aromatic nitrogens is 1. The summed E-state index contributed by atoms with van der Waals surface area (Å²) in [7, 11) is 0. The van der Waals surface area contributed by atoms with Crippen LogP contribution in [0.1, 0.15) is 28.8 Å². The fourth-order valence-electron chi connectivity index (χ4n) is 3.46. The second-order valence-corrected chi connectivity index (χ2v) is 7.22. The van der Waals surface area contributed by atoms with E-state index in [0.29, 0.717) is 42.8 Å². The molecular formula is C22H20N4O5. The Bertz CT molecular complexity index is 1020. The van der Waals surface area contributed by atoms with Gasteiger partial charge >= 0.3 is 6.03 Å². The highest BCUT2D eigenvalue weighted by atomic mass is 16.5. The van der Waals surface area contributed by atoms with E-state index in [9.17, 15) is 19.2 Å². The number of urea groups is 1. The van der Waals surface area contributed by atoms with Crippen molar-refractivity contribution in [1.82, 2.24) is 20.5 Å². The maximum absolute atomic E-state index is 12.5. The molecule has 4 rings (SSSR count). The number of rotatable bonds is 4. The quantitative estimate of drug-likeness (QED) is 0.572. The molecule has 2 saturated heterocycles. The molecule has 0 unspecified atom stereocenters. The molecule has 2 N–H and O–H groups in total. The van der Waals surface area contributed by atoms with Crippen LogP contribution in [0, 0.1) is 0 Å². The molecule has 5 amide bonds. The molecule has 0 bridgehead atoms. The van der Waals surface area contributed by atoms with Crippen molar-refractivity contribution in [2.45, 2.75) is 18.9 Å². The van der Waals surface area contributed by atoms with Gasteiger partial charge in [0.05, 0.1) is 5.56 Å². The highest BCUT2D eigenvalue weighted by Crippen LogP contribution is 2.21. The molecule has 1 aromatic heterocycles. The molecule has 0 saturated carbocycles. The Kier molecular flexibility index (Phi) is 5.74. The molecule has 2 aliphatic heterocycles. The number of piperidine rings is 1. The monoisotopic (exact) mass is 420 g/mol. The highest BCUT2D eigenvalue weighted by molar-refractivity contribution is 6.31. The van der Waals surface area contributed by atoms with Crippen LogP contribution >= 0.6 is 0 Å². The van der Waals surface area contributed by atoms with Crippen molar-refractivity contribution in [2.24, 2.45) is 0 Å². The van der Waals surface area contributed by atoms with E-state index in [0.717, 1.165) is 0 Å². The first-order valence-electron chi connectivity index (χ1n) is 9.84. The van der Waals surface area contributed by atoms with Crippen LogP contribution in [-0.4, -0.2) is 52.8 Å². The molecule has 0 aliphatic carbocycles. The average Bonchev–Trinajstić information content (AvgIpc) is 2.78. The highest BCUT2D eigenvalue weighted by Gasteiger charge is 2.28. The third kappa shape index (κ3) is 4.77. The lowest BCUT2D eigenvalue weighted by Crippen LogP contribution is -2.51. The molecular weight excluding hydrogens is 400 g/mol. The van der Waals surface area contributed by atoms with Crippen molar-refractivity contribution in [3.63, 3.8) is 0 Å². The molecule has 9 heteroatoms. The van der Waals surface area contributed by atoms with E-state index >= 15 is 0 Å². The number of ether oxygens (including phenoxy) is 1. The van der Waals surface area contributed by atoms with Gasteiger partial charge in [-0.2, -0.15) is 0 Å². The predicted octanol–water partition coefficient (Wildman–Crippen LogP) is 1.51. The van der Waals surface area contributed by atoms with Crippen LogP contribution in [0.5, 0.6) is 5.75 Å². The summed E-state index contributed by atoms with van der Waals surface area (Å²) in [5, 5.41) is 4.07. The normalized spacial score (nSPS) is 17.1. The van der Waals surface area contributed by atoms with Gasteiger partial charge in [-0.1, -0.05) is 12.1 Å². The molecule has 1 aromatic carbocycles. The minimum atomic E-state index is -0.830. The first kappa shape index (κ1) is 20.3. The number of imide groups is 2. The summed E-state index contributed by atoms with van der Waals surface area (Å²) >= 11 is 0. The number of nitrogens with zero attached hydrogens (tertiary/aromatic N) is 2. The van der Waals surface area contributed by atoms with E-state index in [2.05, 4.69) is 4.98 Å². The van der Waals surface area contributed by atoms with Gasteiger partial charge in [-0.15, -0.1) is 0 Å². The Morgan fingerprint density at radius 1 is 1.03 bits per heavy atom. The largest absolute Gasteiger partial charge is 0.490 e. The number of amides is 5. The first-order valence-corrected chi connectivity index (χ1v) is 9.84. The van der Waals surface area contributed by atoms with Crippen LogP contribution < -0.4 is 15.4 Å². The van der Waals surface area contributed by atoms with E-state index in [4.69, 9.17) is 4.74 Å². The Morgan fingerprint density at radius 3 is 2.32 bits per heavy atom. The Balaban J connectivity index is 1.32. The summed E-state index contributed by atoms with van der Waals surface area (Å²) < 4.78 is 6.02. The van der Waals surface area contributed by atoms with E-state index in [-0.39, 0.29) is 17.6 Å². The third-order valence-corrected chi connectivity index (χ3v) is 5.07. The van der Waals surface area contributed by atoms with Crippen LogP contribution in [0.25, 0.3) is 6.08 Å². The fraction of sp³-hybridized carbons (Fsp3) is 0.227. The fourth-order valence-corrected chi connectivity index (χ4v) is 3.46. The number of carbonyl (C=O) groups excluding carboxylic acids is 4. The van der Waals surface area contributed by atoms with Crippen LogP contribution in [-0.2, 0) is 9.59 Å². The smallest absolute Gasteiger partial charge is 0.328 e. The molecule has 2 fully saturated rings. The molecule has 2 aliphatic rings.